The molecular formula is C14H20Cl2N2O. The van der Waals surface area contributed by atoms with Crippen LogP contribution in [-0.2, 0) is 4.79 Å². The number of nitrogens with one attached hydrogen (secondary N) is 2. The van der Waals surface area contributed by atoms with E-state index in [1.54, 1.807) is 12.1 Å². The molecule has 2 unspecified atom stereocenters. The minimum absolute atomic E-state index is 0.00112. The van der Waals surface area contributed by atoms with Crippen LogP contribution in [0, 0.1) is 0 Å². The highest BCUT2D eigenvalue weighted by Crippen LogP contribution is 2.26. The van der Waals surface area contributed by atoms with Crippen LogP contribution >= 0.6 is 23.2 Å². The highest BCUT2D eigenvalue weighted by Gasteiger charge is 2.17. The van der Waals surface area contributed by atoms with Crippen LogP contribution in [0.15, 0.2) is 18.2 Å². The second kappa shape index (κ2) is 7.73. The maximum absolute atomic E-state index is 11.8. The van der Waals surface area contributed by atoms with Gasteiger partial charge in [-0.2, -0.15) is 0 Å². The van der Waals surface area contributed by atoms with E-state index in [0.29, 0.717) is 16.6 Å². The summed E-state index contributed by atoms with van der Waals surface area (Å²) in [5, 5.41) is 7.29. The van der Waals surface area contributed by atoms with E-state index in [1.807, 2.05) is 26.8 Å². The smallest absolute Gasteiger partial charge is 0.236 e. The summed E-state index contributed by atoms with van der Waals surface area (Å²) in [5.41, 5.74) is 0.932. The molecule has 0 fully saturated rings. The summed E-state index contributed by atoms with van der Waals surface area (Å²) in [4.78, 5) is 11.8. The zero-order chi connectivity index (χ0) is 14.4. The number of benzene rings is 1. The largest absolute Gasteiger partial charge is 0.355 e. The molecule has 0 heterocycles. The van der Waals surface area contributed by atoms with E-state index >= 15 is 0 Å². The van der Waals surface area contributed by atoms with E-state index in [-0.39, 0.29) is 18.0 Å². The van der Waals surface area contributed by atoms with Crippen molar-refractivity contribution >= 4 is 29.1 Å². The second-order valence-corrected chi connectivity index (χ2v) is 5.41. The van der Waals surface area contributed by atoms with Crippen molar-refractivity contribution in [3.8, 4) is 0 Å². The summed E-state index contributed by atoms with van der Waals surface area (Å²) >= 11 is 12.0. The fourth-order valence-electron chi connectivity index (χ4n) is 1.79. The Hall–Kier alpha value is -0.770. The number of hydrogen-bond donors (Lipinski definition) is 2. The SMILES string of the molecule is CCCNC(=O)C(C)NC(C)c1ccc(Cl)cc1Cl. The molecule has 3 nitrogen and oxygen atoms in total. The number of carbonyl (C=O) groups is 1. The van der Waals surface area contributed by atoms with Crippen LogP contribution in [-0.4, -0.2) is 18.5 Å². The maximum Gasteiger partial charge on any atom is 0.236 e. The van der Waals surface area contributed by atoms with Gasteiger partial charge in [-0.1, -0.05) is 36.2 Å². The Balaban J connectivity index is 2.63. The molecule has 0 aliphatic carbocycles. The molecule has 0 aliphatic rings. The van der Waals surface area contributed by atoms with Gasteiger partial charge in [-0.15, -0.1) is 0 Å². The van der Waals surface area contributed by atoms with E-state index in [0.717, 1.165) is 12.0 Å². The molecule has 1 aromatic rings. The Bertz CT molecular complexity index is 437. The number of halogens is 2. The van der Waals surface area contributed by atoms with Gasteiger partial charge in [-0.3, -0.25) is 10.1 Å². The molecule has 106 valence electrons. The first-order valence-corrected chi connectivity index (χ1v) is 7.20. The molecule has 0 aliphatic heterocycles. The lowest BCUT2D eigenvalue weighted by Gasteiger charge is -2.20. The number of hydrogen-bond acceptors (Lipinski definition) is 2. The summed E-state index contributed by atoms with van der Waals surface area (Å²) in [6.07, 6.45) is 0.928. The summed E-state index contributed by atoms with van der Waals surface area (Å²) < 4.78 is 0. The third-order valence-corrected chi connectivity index (χ3v) is 3.43. The van der Waals surface area contributed by atoms with Gasteiger partial charge in [0.1, 0.15) is 0 Å². The molecule has 1 aromatic carbocycles. The predicted molar refractivity (Wildman–Crippen MR) is 80.8 cm³/mol. The Labute approximate surface area is 124 Å². The quantitative estimate of drug-likeness (QED) is 0.843. The fourth-order valence-corrected chi connectivity index (χ4v) is 2.37. The van der Waals surface area contributed by atoms with Crippen LogP contribution in [0.2, 0.25) is 10.0 Å². The van der Waals surface area contributed by atoms with E-state index in [4.69, 9.17) is 23.2 Å². The molecule has 2 N–H and O–H groups in total. The highest BCUT2D eigenvalue weighted by atomic mass is 35.5. The lowest BCUT2D eigenvalue weighted by molar-refractivity contribution is -0.122. The Morgan fingerprint density at radius 1 is 1.32 bits per heavy atom. The van der Waals surface area contributed by atoms with Gasteiger partial charge in [-0.25, -0.2) is 0 Å². The molecule has 0 aromatic heterocycles. The Morgan fingerprint density at radius 3 is 2.58 bits per heavy atom. The predicted octanol–water partition coefficient (Wildman–Crippen LogP) is 3.56. The molecule has 0 saturated carbocycles. The van der Waals surface area contributed by atoms with Gasteiger partial charge < -0.3 is 5.32 Å². The maximum atomic E-state index is 11.8. The van der Waals surface area contributed by atoms with Crippen LogP contribution in [0.25, 0.3) is 0 Å². The standard InChI is InChI=1S/C14H20Cl2N2O/c1-4-7-17-14(19)10(3)18-9(2)12-6-5-11(15)8-13(12)16/h5-6,8-10,18H,4,7H2,1-3H3,(H,17,19). The average Bonchev–Trinajstić information content (AvgIpc) is 2.35. The van der Waals surface area contributed by atoms with Crippen molar-refractivity contribution in [2.24, 2.45) is 0 Å². The molecule has 0 saturated heterocycles. The van der Waals surface area contributed by atoms with Gasteiger partial charge in [0.05, 0.1) is 6.04 Å². The summed E-state index contributed by atoms with van der Waals surface area (Å²) in [6, 6.07) is 5.08. The van der Waals surface area contributed by atoms with Gasteiger partial charge in [0.15, 0.2) is 0 Å². The molecule has 0 bridgehead atoms. The molecule has 0 radical (unpaired) electrons. The molecule has 1 rings (SSSR count). The molecule has 19 heavy (non-hydrogen) atoms. The highest BCUT2D eigenvalue weighted by molar-refractivity contribution is 6.35. The van der Waals surface area contributed by atoms with Gasteiger partial charge in [-0.05, 0) is 38.0 Å². The van der Waals surface area contributed by atoms with Gasteiger partial charge in [0.25, 0.3) is 0 Å². The van der Waals surface area contributed by atoms with Gasteiger partial charge in [0.2, 0.25) is 5.91 Å². The molecule has 0 spiro atoms. The second-order valence-electron chi connectivity index (χ2n) is 4.57. The topological polar surface area (TPSA) is 41.1 Å². The monoisotopic (exact) mass is 302 g/mol. The number of amides is 1. The van der Waals surface area contributed by atoms with E-state index < -0.39 is 0 Å². The van der Waals surface area contributed by atoms with E-state index in [9.17, 15) is 4.79 Å². The third-order valence-electron chi connectivity index (χ3n) is 2.87. The Morgan fingerprint density at radius 2 is 2.00 bits per heavy atom. The number of carbonyl (C=O) groups excluding carboxylic acids is 1. The van der Waals surface area contributed by atoms with Crippen molar-refractivity contribution in [3.05, 3.63) is 33.8 Å². The van der Waals surface area contributed by atoms with Crippen LogP contribution < -0.4 is 10.6 Å². The molecule has 2 atom stereocenters. The minimum atomic E-state index is -0.270. The van der Waals surface area contributed by atoms with Gasteiger partial charge in [0, 0.05) is 22.6 Å². The van der Waals surface area contributed by atoms with Crippen LogP contribution in [0.1, 0.15) is 38.8 Å². The van der Waals surface area contributed by atoms with Crippen molar-refractivity contribution in [2.75, 3.05) is 6.54 Å². The first kappa shape index (κ1) is 16.3. The normalized spacial score (nSPS) is 13.9. The van der Waals surface area contributed by atoms with Crippen LogP contribution in [0.3, 0.4) is 0 Å². The zero-order valence-electron chi connectivity index (χ0n) is 11.5. The van der Waals surface area contributed by atoms with Gasteiger partial charge >= 0.3 is 0 Å². The lowest BCUT2D eigenvalue weighted by atomic mass is 10.1. The Kier molecular flexibility index (Phi) is 6.63. The number of rotatable bonds is 6. The van der Waals surface area contributed by atoms with Crippen molar-refractivity contribution in [3.63, 3.8) is 0 Å². The summed E-state index contributed by atoms with van der Waals surface area (Å²) in [7, 11) is 0. The van der Waals surface area contributed by atoms with Crippen LogP contribution in [0.4, 0.5) is 0 Å². The van der Waals surface area contributed by atoms with Crippen molar-refractivity contribution in [1.29, 1.82) is 0 Å². The zero-order valence-corrected chi connectivity index (χ0v) is 13.0. The fraction of sp³-hybridized carbons (Fsp3) is 0.500. The first-order valence-electron chi connectivity index (χ1n) is 6.44. The van der Waals surface area contributed by atoms with E-state index in [2.05, 4.69) is 10.6 Å². The average molecular weight is 303 g/mol. The molecule has 5 heteroatoms. The first-order chi connectivity index (χ1) is 8.95. The summed E-state index contributed by atoms with van der Waals surface area (Å²) in [6.45, 7) is 6.53. The van der Waals surface area contributed by atoms with Crippen LogP contribution in [0.5, 0.6) is 0 Å². The van der Waals surface area contributed by atoms with Crippen molar-refractivity contribution < 1.29 is 4.79 Å². The summed E-state index contributed by atoms with van der Waals surface area (Å²) in [5.74, 6) is -0.00112. The minimum Gasteiger partial charge on any atom is -0.355 e. The molecular weight excluding hydrogens is 283 g/mol. The third kappa shape index (κ3) is 5.01. The lowest BCUT2D eigenvalue weighted by Crippen LogP contribution is -2.43. The van der Waals surface area contributed by atoms with Crippen molar-refractivity contribution in [2.45, 2.75) is 39.3 Å². The van der Waals surface area contributed by atoms with Crippen molar-refractivity contribution in [1.82, 2.24) is 10.6 Å². The molecule has 1 amide bonds. The van der Waals surface area contributed by atoms with E-state index in [1.165, 1.54) is 0 Å².